The van der Waals surface area contributed by atoms with Gasteiger partial charge in [0.05, 0.1) is 44.8 Å². The van der Waals surface area contributed by atoms with Crippen LogP contribution in [-0.4, -0.2) is 43.0 Å². The Morgan fingerprint density at radius 2 is 2.06 bits per heavy atom. The van der Waals surface area contributed by atoms with E-state index in [9.17, 15) is 14.4 Å². The van der Waals surface area contributed by atoms with Crippen molar-refractivity contribution in [3.63, 3.8) is 0 Å². The van der Waals surface area contributed by atoms with Crippen molar-refractivity contribution in [1.82, 2.24) is 9.88 Å². The molecule has 0 radical (unpaired) electrons. The van der Waals surface area contributed by atoms with Gasteiger partial charge in [0.25, 0.3) is 0 Å². The van der Waals surface area contributed by atoms with Crippen LogP contribution in [0.4, 0.5) is 21.5 Å². The minimum atomic E-state index is -0.756. The van der Waals surface area contributed by atoms with E-state index in [4.69, 9.17) is 27.9 Å². The lowest BCUT2D eigenvalue weighted by molar-refractivity contribution is -0.111. The number of halogens is 3. The number of fused-ring (bicyclic) bond motifs is 1. The minimum absolute atomic E-state index is 0.0319. The Kier molecular flexibility index (Phi) is 8.29. The number of hydrogen-bond acceptors (Lipinski definition) is 6. The number of pyridine rings is 1. The van der Waals surface area contributed by atoms with Gasteiger partial charge < -0.3 is 20.3 Å². The summed E-state index contributed by atoms with van der Waals surface area (Å²) in [5, 5.41) is 15.7. The Bertz CT molecular complexity index is 1300. The monoisotopic (exact) mass is 501 g/mol. The van der Waals surface area contributed by atoms with Gasteiger partial charge in [-0.2, -0.15) is 5.26 Å². The summed E-state index contributed by atoms with van der Waals surface area (Å²) in [7, 11) is 3.79. The maximum atomic E-state index is 14.7. The van der Waals surface area contributed by atoms with Gasteiger partial charge in [0.1, 0.15) is 11.8 Å². The Morgan fingerprint density at radius 1 is 1.29 bits per heavy atom. The van der Waals surface area contributed by atoms with Gasteiger partial charge in [0.2, 0.25) is 5.91 Å². The number of amides is 1. The number of ether oxygens (including phenoxy) is 1. The molecule has 0 aliphatic heterocycles. The first-order valence-corrected chi connectivity index (χ1v) is 11.0. The fourth-order valence-corrected chi connectivity index (χ4v) is 3.42. The van der Waals surface area contributed by atoms with Crippen molar-refractivity contribution < 1.29 is 13.9 Å². The molecule has 2 aromatic carbocycles. The van der Waals surface area contributed by atoms with Crippen molar-refractivity contribution in [2.45, 2.75) is 6.92 Å². The number of nitriles is 1. The number of rotatable bonds is 8. The Morgan fingerprint density at radius 3 is 2.74 bits per heavy atom. The zero-order valence-corrected chi connectivity index (χ0v) is 20.3. The van der Waals surface area contributed by atoms with Crippen LogP contribution >= 0.6 is 23.2 Å². The average molecular weight is 502 g/mol. The molecule has 34 heavy (non-hydrogen) atoms. The lowest BCUT2D eigenvalue weighted by Crippen LogP contribution is -2.13. The number of carbonyl (C=O) groups excluding carboxylic acids is 1. The van der Waals surface area contributed by atoms with Gasteiger partial charge in [0, 0.05) is 30.3 Å². The number of nitrogens with one attached hydrogen (secondary N) is 2. The highest BCUT2D eigenvalue weighted by atomic mass is 35.5. The number of likely N-dealkylation sites (N-methyl/N-ethyl adjacent to an activating group) is 1. The van der Waals surface area contributed by atoms with E-state index in [-0.39, 0.29) is 27.2 Å². The van der Waals surface area contributed by atoms with E-state index in [1.807, 2.05) is 25.9 Å². The third-order valence-electron chi connectivity index (χ3n) is 4.68. The van der Waals surface area contributed by atoms with Gasteiger partial charge >= 0.3 is 0 Å². The first kappa shape index (κ1) is 25.2. The Hall–Kier alpha value is -3.38. The van der Waals surface area contributed by atoms with Gasteiger partial charge in [-0.05, 0) is 39.2 Å². The molecule has 10 heteroatoms. The summed E-state index contributed by atoms with van der Waals surface area (Å²) < 4.78 is 20.4. The van der Waals surface area contributed by atoms with Gasteiger partial charge in [-0.1, -0.05) is 29.3 Å². The maximum Gasteiger partial charge on any atom is 0.248 e. The number of benzene rings is 2. The van der Waals surface area contributed by atoms with Crippen LogP contribution in [0.3, 0.4) is 0 Å². The van der Waals surface area contributed by atoms with Crippen molar-refractivity contribution in [3.05, 3.63) is 64.0 Å². The largest absolute Gasteiger partial charge is 0.492 e. The second kappa shape index (κ2) is 11.2. The molecule has 0 saturated carbocycles. The molecule has 2 N–H and O–H groups in total. The first-order valence-electron chi connectivity index (χ1n) is 10.3. The van der Waals surface area contributed by atoms with E-state index in [0.717, 1.165) is 0 Å². The van der Waals surface area contributed by atoms with Crippen molar-refractivity contribution in [1.29, 1.82) is 5.26 Å². The summed E-state index contributed by atoms with van der Waals surface area (Å²) in [5.41, 5.74) is 1.36. The average Bonchev–Trinajstić information content (AvgIpc) is 2.80. The highest BCUT2D eigenvalue weighted by Crippen LogP contribution is 2.38. The van der Waals surface area contributed by atoms with Crippen LogP contribution in [0.5, 0.6) is 5.75 Å². The molecule has 176 valence electrons. The summed E-state index contributed by atoms with van der Waals surface area (Å²) in [4.78, 5) is 18.7. The zero-order valence-electron chi connectivity index (χ0n) is 18.7. The van der Waals surface area contributed by atoms with Crippen LogP contribution in [0.25, 0.3) is 10.9 Å². The molecule has 3 aromatic rings. The highest BCUT2D eigenvalue weighted by Gasteiger charge is 2.17. The highest BCUT2D eigenvalue weighted by molar-refractivity contribution is 6.42. The third kappa shape index (κ3) is 5.75. The molecule has 0 atom stereocenters. The summed E-state index contributed by atoms with van der Waals surface area (Å²) in [6.45, 7) is 2.78. The number of aromatic nitrogens is 1. The Labute approximate surface area is 206 Å². The van der Waals surface area contributed by atoms with E-state index < -0.39 is 5.82 Å². The number of anilines is 3. The summed E-state index contributed by atoms with van der Waals surface area (Å²) >= 11 is 11.8. The van der Waals surface area contributed by atoms with Crippen LogP contribution in [0, 0.1) is 17.1 Å². The zero-order chi connectivity index (χ0) is 24.8. The lowest BCUT2D eigenvalue weighted by atomic mass is 10.1. The molecule has 0 unspecified atom stereocenters. The van der Waals surface area contributed by atoms with Gasteiger partial charge in [-0.3, -0.25) is 9.78 Å². The molecule has 1 amide bonds. The van der Waals surface area contributed by atoms with Crippen molar-refractivity contribution in [2.24, 2.45) is 0 Å². The van der Waals surface area contributed by atoms with E-state index in [2.05, 4.69) is 21.7 Å². The number of carbonyl (C=O) groups is 1. The normalized spacial score (nSPS) is 11.1. The number of hydrogen-bond donors (Lipinski definition) is 2. The molecule has 0 bridgehead atoms. The molecule has 3 rings (SSSR count). The van der Waals surface area contributed by atoms with Crippen LogP contribution in [0.1, 0.15) is 12.5 Å². The Balaban J connectivity index is 2.11. The topological polar surface area (TPSA) is 90.3 Å². The first-order chi connectivity index (χ1) is 16.2. The third-order valence-corrected chi connectivity index (χ3v) is 5.46. The SMILES string of the molecule is CCOc1cc2ncc(C#N)c(Nc3ccc(Cl)c(Cl)c3F)c2cc1NC(=O)/C=C/CN(C)C. The van der Waals surface area contributed by atoms with Crippen LogP contribution in [-0.2, 0) is 4.79 Å². The molecule has 1 heterocycles. The van der Waals surface area contributed by atoms with E-state index in [0.29, 0.717) is 41.2 Å². The number of nitrogens with zero attached hydrogens (tertiary/aromatic N) is 3. The van der Waals surface area contributed by atoms with Crippen LogP contribution < -0.4 is 15.4 Å². The van der Waals surface area contributed by atoms with Gasteiger partial charge in [0.15, 0.2) is 5.82 Å². The van der Waals surface area contributed by atoms with E-state index >= 15 is 0 Å². The van der Waals surface area contributed by atoms with Crippen LogP contribution in [0.15, 0.2) is 42.6 Å². The standard InChI is InChI=1S/C24H22Cl2FN5O2/c1-4-34-20-11-18-15(10-19(20)30-21(33)6-5-9-32(2)3)24(14(12-28)13-29-18)31-17-8-7-16(25)22(26)23(17)27/h5-8,10-11,13H,4,9H2,1-3H3,(H,29,31)(H,30,33)/b6-5+. The van der Waals surface area contributed by atoms with Crippen molar-refractivity contribution in [2.75, 3.05) is 37.9 Å². The fraction of sp³-hybridized carbons (Fsp3) is 0.208. The molecule has 7 nitrogen and oxygen atoms in total. The predicted octanol–water partition coefficient (Wildman–Crippen LogP) is 5.75. The van der Waals surface area contributed by atoms with E-state index in [1.54, 1.807) is 18.2 Å². The minimum Gasteiger partial charge on any atom is -0.492 e. The molecular formula is C24H22Cl2FN5O2. The molecular weight excluding hydrogens is 480 g/mol. The van der Waals surface area contributed by atoms with E-state index in [1.165, 1.54) is 24.4 Å². The van der Waals surface area contributed by atoms with Crippen LogP contribution in [0.2, 0.25) is 10.0 Å². The lowest BCUT2D eigenvalue weighted by Gasteiger charge is -2.16. The molecule has 0 spiro atoms. The molecule has 0 fully saturated rings. The maximum absolute atomic E-state index is 14.7. The molecule has 1 aromatic heterocycles. The van der Waals surface area contributed by atoms with Gasteiger partial charge in [-0.15, -0.1) is 0 Å². The van der Waals surface area contributed by atoms with Gasteiger partial charge in [-0.25, -0.2) is 4.39 Å². The quantitative estimate of drug-likeness (QED) is 0.301. The van der Waals surface area contributed by atoms with Crippen molar-refractivity contribution in [3.8, 4) is 11.8 Å². The predicted molar refractivity (Wildman–Crippen MR) is 134 cm³/mol. The molecule has 0 aliphatic carbocycles. The fourth-order valence-electron chi connectivity index (χ4n) is 3.11. The molecule has 0 saturated heterocycles. The second-order valence-electron chi connectivity index (χ2n) is 7.46. The summed E-state index contributed by atoms with van der Waals surface area (Å²) in [5.74, 6) is -0.696. The van der Waals surface area contributed by atoms with Crippen molar-refractivity contribution >= 4 is 57.1 Å². The molecule has 0 aliphatic rings. The smallest absolute Gasteiger partial charge is 0.248 e. The summed E-state index contributed by atoms with van der Waals surface area (Å²) in [6, 6.07) is 8.20. The second-order valence-corrected chi connectivity index (χ2v) is 8.24. The summed E-state index contributed by atoms with van der Waals surface area (Å²) in [6.07, 6.45) is 4.53.